The van der Waals surface area contributed by atoms with Gasteiger partial charge in [0, 0.05) is 5.56 Å². The van der Waals surface area contributed by atoms with E-state index in [0.717, 1.165) is 0 Å². The van der Waals surface area contributed by atoms with Crippen LogP contribution in [0.5, 0.6) is 0 Å². The SMILES string of the molecule is Cc1cccc(-c2nc(Br)ns2)c1F. The molecular formula is C9H6BrFN2S. The molecule has 1 heterocycles. The number of hydrogen-bond donors (Lipinski definition) is 0. The van der Waals surface area contributed by atoms with Crippen molar-refractivity contribution in [1.82, 2.24) is 9.36 Å². The molecule has 0 aliphatic carbocycles. The second-order valence-corrected chi connectivity index (χ2v) is 4.27. The average molecular weight is 273 g/mol. The fraction of sp³-hybridized carbons (Fsp3) is 0.111. The molecule has 0 unspecified atom stereocenters. The summed E-state index contributed by atoms with van der Waals surface area (Å²) in [4.78, 5) is 4.07. The fourth-order valence-corrected chi connectivity index (χ4v) is 2.23. The van der Waals surface area contributed by atoms with Crippen LogP contribution in [0.4, 0.5) is 4.39 Å². The summed E-state index contributed by atoms with van der Waals surface area (Å²) >= 11 is 4.32. The molecule has 14 heavy (non-hydrogen) atoms. The van der Waals surface area contributed by atoms with Crippen LogP contribution in [0.25, 0.3) is 10.6 Å². The minimum atomic E-state index is -0.226. The molecule has 0 aliphatic rings. The van der Waals surface area contributed by atoms with Crippen molar-refractivity contribution in [2.45, 2.75) is 6.92 Å². The molecule has 2 aromatic rings. The zero-order valence-electron chi connectivity index (χ0n) is 7.29. The first kappa shape index (κ1) is 9.73. The van der Waals surface area contributed by atoms with Crippen LogP contribution in [-0.2, 0) is 0 Å². The topological polar surface area (TPSA) is 25.8 Å². The summed E-state index contributed by atoms with van der Waals surface area (Å²) < 4.78 is 18.1. The standard InChI is InChI=1S/C9H6BrFN2S/c1-5-3-2-4-6(7(5)11)8-12-9(10)13-14-8/h2-4H,1H3. The highest BCUT2D eigenvalue weighted by Gasteiger charge is 2.11. The Balaban J connectivity index is 2.57. The lowest BCUT2D eigenvalue weighted by molar-refractivity contribution is 0.622. The molecule has 0 saturated carbocycles. The molecule has 0 atom stereocenters. The highest BCUT2D eigenvalue weighted by atomic mass is 79.9. The number of rotatable bonds is 1. The lowest BCUT2D eigenvalue weighted by Crippen LogP contribution is -1.86. The largest absolute Gasteiger partial charge is 0.209 e. The van der Waals surface area contributed by atoms with E-state index < -0.39 is 0 Å². The molecule has 2 nitrogen and oxygen atoms in total. The van der Waals surface area contributed by atoms with Crippen LogP contribution in [0.15, 0.2) is 22.9 Å². The number of aryl methyl sites for hydroxylation is 1. The van der Waals surface area contributed by atoms with Crippen molar-refractivity contribution in [3.8, 4) is 10.6 Å². The van der Waals surface area contributed by atoms with Crippen molar-refractivity contribution >= 4 is 27.5 Å². The third kappa shape index (κ3) is 1.69. The van der Waals surface area contributed by atoms with Crippen LogP contribution < -0.4 is 0 Å². The first-order valence-electron chi connectivity index (χ1n) is 3.93. The smallest absolute Gasteiger partial charge is 0.209 e. The summed E-state index contributed by atoms with van der Waals surface area (Å²) in [5, 5.41) is 0.595. The van der Waals surface area contributed by atoms with Crippen molar-refractivity contribution in [1.29, 1.82) is 0 Å². The van der Waals surface area contributed by atoms with Gasteiger partial charge in [-0.15, -0.1) is 0 Å². The van der Waals surface area contributed by atoms with Crippen molar-refractivity contribution in [3.63, 3.8) is 0 Å². The van der Waals surface area contributed by atoms with Crippen LogP contribution in [0, 0.1) is 12.7 Å². The quantitative estimate of drug-likeness (QED) is 0.795. The van der Waals surface area contributed by atoms with Crippen LogP contribution >= 0.6 is 27.5 Å². The Labute approximate surface area is 93.1 Å². The van der Waals surface area contributed by atoms with Crippen molar-refractivity contribution < 1.29 is 4.39 Å². The zero-order chi connectivity index (χ0) is 10.1. The molecule has 2 rings (SSSR count). The minimum Gasteiger partial charge on any atom is -0.209 e. The Morgan fingerprint density at radius 2 is 2.21 bits per heavy atom. The molecule has 0 radical (unpaired) electrons. The monoisotopic (exact) mass is 272 g/mol. The van der Waals surface area contributed by atoms with Crippen LogP contribution in [0.3, 0.4) is 0 Å². The van der Waals surface area contributed by atoms with Gasteiger partial charge in [-0.3, -0.25) is 0 Å². The number of hydrogen-bond acceptors (Lipinski definition) is 3. The maximum Gasteiger partial charge on any atom is 0.209 e. The molecule has 0 fully saturated rings. The summed E-state index contributed by atoms with van der Waals surface area (Å²) in [7, 11) is 0. The molecule has 0 amide bonds. The molecular weight excluding hydrogens is 267 g/mol. The van der Waals surface area contributed by atoms with Gasteiger partial charge in [0.05, 0.1) is 0 Å². The van der Waals surface area contributed by atoms with Crippen molar-refractivity contribution in [2.75, 3.05) is 0 Å². The number of halogens is 2. The molecule has 0 spiro atoms. The van der Waals surface area contributed by atoms with Gasteiger partial charge in [0.25, 0.3) is 0 Å². The molecule has 1 aromatic carbocycles. The normalized spacial score (nSPS) is 10.5. The fourth-order valence-electron chi connectivity index (χ4n) is 1.13. The molecule has 72 valence electrons. The van der Waals surface area contributed by atoms with Crippen LogP contribution in [-0.4, -0.2) is 9.36 Å². The predicted octanol–water partition coefficient (Wildman–Crippen LogP) is 3.42. The molecule has 0 aliphatic heterocycles. The van der Waals surface area contributed by atoms with Crippen molar-refractivity contribution in [3.05, 3.63) is 34.3 Å². The van der Waals surface area contributed by atoms with Gasteiger partial charge in [0.1, 0.15) is 10.8 Å². The van der Waals surface area contributed by atoms with E-state index in [1.54, 1.807) is 19.1 Å². The van der Waals surface area contributed by atoms with E-state index >= 15 is 0 Å². The highest BCUT2D eigenvalue weighted by Crippen LogP contribution is 2.27. The molecule has 0 bridgehead atoms. The van der Waals surface area contributed by atoms with E-state index in [-0.39, 0.29) is 5.82 Å². The predicted molar refractivity (Wildman–Crippen MR) is 57.7 cm³/mol. The third-order valence-electron chi connectivity index (χ3n) is 1.82. The van der Waals surface area contributed by atoms with Crippen LogP contribution in [0.1, 0.15) is 5.56 Å². The lowest BCUT2D eigenvalue weighted by atomic mass is 10.1. The third-order valence-corrected chi connectivity index (χ3v) is 3.16. The summed E-state index contributed by atoms with van der Waals surface area (Å²) in [5.41, 5.74) is 1.13. The first-order chi connectivity index (χ1) is 6.68. The zero-order valence-corrected chi connectivity index (χ0v) is 9.69. The van der Waals surface area contributed by atoms with Gasteiger partial charge in [0.15, 0.2) is 0 Å². The van der Waals surface area contributed by atoms with Gasteiger partial charge in [-0.25, -0.2) is 9.37 Å². The van der Waals surface area contributed by atoms with E-state index in [1.807, 2.05) is 6.07 Å². The Bertz CT molecular complexity index is 470. The van der Waals surface area contributed by atoms with Gasteiger partial charge in [-0.1, -0.05) is 12.1 Å². The van der Waals surface area contributed by atoms with Crippen LogP contribution in [0.2, 0.25) is 0 Å². The Kier molecular flexibility index (Phi) is 2.60. The second-order valence-electron chi connectivity index (χ2n) is 2.81. The van der Waals surface area contributed by atoms with Gasteiger partial charge < -0.3 is 0 Å². The average Bonchev–Trinajstić information content (AvgIpc) is 2.57. The van der Waals surface area contributed by atoms with E-state index in [9.17, 15) is 4.39 Å². The lowest BCUT2D eigenvalue weighted by Gasteiger charge is -2.00. The maximum absolute atomic E-state index is 13.6. The summed E-state index contributed by atoms with van der Waals surface area (Å²) in [6.45, 7) is 1.73. The Morgan fingerprint density at radius 3 is 2.86 bits per heavy atom. The summed E-state index contributed by atoms with van der Waals surface area (Å²) in [5.74, 6) is -0.226. The minimum absolute atomic E-state index is 0.226. The highest BCUT2D eigenvalue weighted by molar-refractivity contribution is 9.10. The maximum atomic E-state index is 13.6. The summed E-state index contributed by atoms with van der Waals surface area (Å²) in [6.07, 6.45) is 0. The van der Waals surface area contributed by atoms with E-state index in [1.165, 1.54) is 11.5 Å². The van der Waals surface area contributed by atoms with Gasteiger partial charge in [-0.2, -0.15) is 4.37 Å². The molecule has 5 heteroatoms. The molecule has 0 N–H and O–H groups in total. The van der Waals surface area contributed by atoms with E-state index in [2.05, 4.69) is 25.3 Å². The Hall–Kier alpha value is -0.810. The van der Waals surface area contributed by atoms with E-state index in [4.69, 9.17) is 0 Å². The van der Waals surface area contributed by atoms with Gasteiger partial charge in [-0.05, 0) is 46.0 Å². The second kappa shape index (κ2) is 3.74. The van der Waals surface area contributed by atoms with Gasteiger partial charge in [0.2, 0.25) is 4.73 Å². The molecule has 1 aromatic heterocycles. The van der Waals surface area contributed by atoms with Crippen molar-refractivity contribution in [2.24, 2.45) is 0 Å². The number of nitrogens with zero attached hydrogens (tertiary/aromatic N) is 2. The number of aromatic nitrogens is 2. The molecule has 0 saturated heterocycles. The first-order valence-corrected chi connectivity index (χ1v) is 5.50. The van der Waals surface area contributed by atoms with Gasteiger partial charge >= 0.3 is 0 Å². The number of benzene rings is 1. The summed E-state index contributed by atoms with van der Waals surface area (Å²) in [6, 6.07) is 5.24. The Morgan fingerprint density at radius 1 is 1.43 bits per heavy atom. The van der Waals surface area contributed by atoms with E-state index in [0.29, 0.717) is 20.9 Å².